The van der Waals surface area contributed by atoms with Gasteiger partial charge in [0.2, 0.25) is 5.91 Å². The van der Waals surface area contributed by atoms with Gasteiger partial charge in [-0.15, -0.1) is 0 Å². The highest BCUT2D eigenvalue weighted by Gasteiger charge is 2.51. The van der Waals surface area contributed by atoms with Gasteiger partial charge in [-0.25, -0.2) is 0 Å². The molecule has 4 nitrogen and oxygen atoms in total. The van der Waals surface area contributed by atoms with Gasteiger partial charge in [-0.3, -0.25) is 9.59 Å². The first-order valence-corrected chi connectivity index (χ1v) is 7.53. The number of unbranched alkanes of at least 4 members (excludes halogenated alkanes) is 1. The second-order valence-corrected chi connectivity index (χ2v) is 6.07. The Morgan fingerprint density at radius 3 is 2.29 bits per heavy atom. The van der Waals surface area contributed by atoms with Gasteiger partial charge in [0, 0.05) is 13.0 Å². The molecule has 1 aliphatic rings. The predicted molar refractivity (Wildman–Crippen MR) is 81.3 cm³/mol. The molecule has 1 saturated carbocycles. The quantitative estimate of drug-likeness (QED) is 0.758. The van der Waals surface area contributed by atoms with Gasteiger partial charge in [0.1, 0.15) is 0 Å². The molecule has 0 radical (unpaired) electrons. The molecule has 1 aromatic carbocycles. The zero-order valence-electron chi connectivity index (χ0n) is 12.7. The molecule has 1 aromatic rings. The lowest BCUT2D eigenvalue weighted by Gasteiger charge is -2.17. The molecule has 2 N–H and O–H groups in total. The van der Waals surface area contributed by atoms with E-state index in [0.29, 0.717) is 19.4 Å². The van der Waals surface area contributed by atoms with Crippen LogP contribution in [-0.2, 0) is 15.0 Å². The molecular formula is C17H23NO3. The van der Waals surface area contributed by atoms with E-state index in [1.807, 2.05) is 0 Å². The normalized spacial score (nSPS) is 15.5. The third-order valence-corrected chi connectivity index (χ3v) is 4.06. The van der Waals surface area contributed by atoms with Gasteiger partial charge in [-0.05, 0) is 45.1 Å². The summed E-state index contributed by atoms with van der Waals surface area (Å²) in [5, 5.41) is 11.5. The number of aliphatic carboxylic acids is 1. The molecule has 0 heterocycles. The number of benzene rings is 1. The molecule has 21 heavy (non-hydrogen) atoms. The van der Waals surface area contributed by atoms with Crippen molar-refractivity contribution in [2.75, 3.05) is 6.54 Å². The van der Waals surface area contributed by atoms with Crippen LogP contribution in [0.4, 0.5) is 0 Å². The first kappa shape index (κ1) is 15.5. The van der Waals surface area contributed by atoms with Crippen molar-refractivity contribution in [1.29, 1.82) is 0 Å². The lowest BCUT2D eigenvalue weighted by Crippen LogP contribution is -2.35. The molecule has 0 unspecified atom stereocenters. The number of aryl methyl sites for hydroxylation is 2. The molecule has 0 aliphatic heterocycles. The summed E-state index contributed by atoms with van der Waals surface area (Å²) < 4.78 is 0. The smallest absolute Gasteiger partial charge is 0.303 e. The topological polar surface area (TPSA) is 66.4 Å². The minimum absolute atomic E-state index is 0.0859. The largest absolute Gasteiger partial charge is 0.481 e. The number of carbonyl (C=O) groups is 2. The van der Waals surface area contributed by atoms with Crippen LogP contribution >= 0.6 is 0 Å². The van der Waals surface area contributed by atoms with E-state index in [0.717, 1.165) is 18.4 Å². The van der Waals surface area contributed by atoms with Crippen LogP contribution in [0.2, 0.25) is 0 Å². The Hall–Kier alpha value is -1.84. The van der Waals surface area contributed by atoms with Gasteiger partial charge >= 0.3 is 5.97 Å². The fourth-order valence-corrected chi connectivity index (χ4v) is 2.80. The molecular weight excluding hydrogens is 266 g/mol. The Morgan fingerprint density at radius 1 is 1.14 bits per heavy atom. The third-order valence-electron chi connectivity index (χ3n) is 4.06. The maximum absolute atomic E-state index is 12.4. The van der Waals surface area contributed by atoms with Gasteiger partial charge < -0.3 is 10.4 Å². The monoisotopic (exact) mass is 289 g/mol. The summed E-state index contributed by atoms with van der Waals surface area (Å²) in [5.74, 6) is -0.696. The number of hydrogen-bond acceptors (Lipinski definition) is 2. The van der Waals surface area contributed by atoms with Gasteiger partial charge in [0.05, 0.1) is 5.41 Å². The van der Waals surface area contributed by atoms with Gasteiger partial charge in [-0.2, -0.15) is 0 Å². The van der Waals surface area contributed by atoms with E-state index in [9.17, 15) is 9.59 Å². The highest BCUT2D eigenvalue weighted by atomic mass is 16.4. The van der Waals surface area contributed by atoms with Crippen molar-refractivity contribution < 1.29 is 14.7 Å². The second kappa shape index (κ2) is 6.29. The molecule has 1 fully saturated rings. The van der Waals surface area contributed by atoms with E-state index in [1.165, 1.54) is 11.1 Å². The van der Waals surface area contributed by atoms with Crippen molar-refractivity contribution in [2.45, 2.75) is 51.4 Å². The van der Waals surface area contributed by atoms with Crippen LogP contribution < -0.4 is 5.32 Å². The zero-order chi connectivity index (χ0) is 15.5. The van der Waals surface area contributed by atoms with E-state index in [1.54, 1.807) is 0 Å². The van der Waals surface area contributed by atoms with Crippen molar-refractivity contribution in [1.82, 2.24) is 5.32 Å². The predicted octanol–water partition coefficient (Wildman–Crippen LogP) is 2.71. The summed E-state index contributed by atoms with van der Waals surface area (Å²) in [6.07, 6.45) is 3.28. The Morgan fingerprint density at radius 2 is 1.76 bits per heavy atom. The van der Waals surface area contributed by atoms with Crippen LogP contribution in [0.25, 0.3) is 0 Å². The fraction of sp³-hybridized carbons (Fsp3) is 0.529. The number of amides is 1. The standard InChI is InChI=1S/C17H23NO3/c1-12-9-13(2)11-14(10-12)17(6-7-17)16(21)18-8-4-3-5-15(19)20/h9-11H,3-8H2,1-2H3,(H,18,21)(H,19,20). The molecule has 0 bridgehead atoms. The average Bonchev–Trinajstić information content (AvgIpc) is 3.18. The van der Waals surface area contributed by atoms with Crippen molar-refractivity contribution in [3.05, 3.63) is 34.9 Å². The Balaban J connectivity index is 1.91. The van der Waals surface area contributed by atoms with E-state index in [2.05, 4.69) is 37.4 Å². The fourth-order valence-electron chi connectivity index (χ4n) is 2.80. The van der Waals surface area contributed by atoms with E-state index in [4.69, 9.17) is 5.11 Å². The Bertz CT molecular complexity index is 527. The average molecular weight is 289 g/mol. The first-order chi connectivity index (χ1) is 9.94. The number of carboxylic acid groups (broad SMARTS) is 1. The summed E-state index contributed by atoms with van der Waals surface area (Å²) in [7, 11) is 0. The maximum atomic E-state index is 12.4. The van der Waals surface area contributed by atoms with Crippen molar-refractivity contribution in [3.63, 3.8) is 0 Å². The maximum Gasteiger partial charge on any atom is 0.303 e. The number of nitrogens with one attached hydrogen (secondary N) is 1. The molecule has 4 heteroatoms. The van der Waals surface area contributed by atoms with Crippen LogP contribution in [0.3, 0.4) is 0 Å². The molecule has 0 aromatic heterocycles. The van der Waals surface area contributed by atoms with Crippen molar-refractivity contribution >= 4 is 11.9 Å². The highest BCUT2D eigenvalue weighted by molar-refractivity contribution is 5.91. The summed E-state index contributed by atoms with van der Waals surface area (Å²) in [5.41, 5.74) is 3.14. The van der Waals surface area contributed by atoms with Crippen LogP contribution in [0.15, 0.2) is 18.2 Å². The lowest BCUT2D eigenvalue weighted by atomic mass is 9.92. The number of carbonyl (C=O) groups excluding carboxylic acids is 1. The number of hydrogen-bond donors (Lipinski definition) is 2. The van der Waals surface area contributed by atoms with Gasteiger partial charge in [0.15, 0.2) is 0 Å². The SMILES string of the molecule is Cc1cc(C)cc(C2(C(=O)NCCCCC(=O)O)CC2)c1. The third kappa shape index (κ3) is 3.84. The van der Waals surface area contributed by atoms with E-state index < -0.39 is 5.97 Å². The first-order valence-electron chi connectivity index (χ1n) is 7.53. The van der Waals surface area contributed by atoms with E-state index >= 15 is 0 Å². The second-order valence-electron chi connectivity index (χ2n) is 6.07. The summed E-state index contributed by atoms with van der Waals surface area (Å²) >= 11 is 0. The van der Waals surface area contributed by atoms with Gasteiger partial charge in [0.25, 0.3) is 0 Å². The molecule has 1 aliphatic carbocycles. The summed E-state index contributed by atoms with van der Waals surface area (Å²) in [6, 6.07) is 6.32. The number of rotatable bonds is 7. The molecule has 114 valence electrons. The Labute approximate surface area is 125 Å². The Kier molecular flexibility index (Phi) is 4.66. The zero-order valence-corrected chi connectivity index (χ0v) is 12.7. The highest BCUT2D eigenvalue weighted by Crippen LogP contribution is 2.48. The van der Waals surface area contributed by atoms with Crippen LogP contribution in [0.5, 0.6) is 0 Å². The number of carboxylic acids is 1. The van der Waals surface area contributed by atoms with Crippen molar-refractivity contribution in [3.8, 4) is 0 Å². The van der Waals surface area contributed by atoms with Crippen molar-refractivity contribution in [2.24, 2.45) is 0 Å². The summed E-state index contributed by atoms with van der Waals surface area (Å²) in [4.78, 5) is 22.8. The molecule has 1 amide bonds. The molecule has 0 atom stereocenters. The molecule has 0 spiro atoms. The minimum Gasteiger partial charge on any atom is -0.481 e. The molecule has 2 rings (SSSR count). The minimum atomic E-state index is -0.782. The van der Waals surface area contributed by atoms with Crippen LogP contribution in [-0.4, -0.2) is 23.5 Å². The lowest BCUT2D eigenvalue weighted by molar-refractivity contribution is -0.137. The van der Waals surface area contributed by atoms with E-state index in [-0.39, 0.29) is 17.7 Å². The van der Waals surface area contributed by atoms with Crippen LogP contribution in [0, 0.1) is 13.8 Å². The molecule has 0 saturated heterocycles. The van der Waals surface area contributed by atoms with Crippen LogP contribution in [0.1, 0.15) is 48.8 Å². The van der Waals surface area contributed by atoms with Gasteiger partial charge in [-0.1, -0.05) is 29.3 Å². The summed E-state index contributed by atoms with van der Waals surface area (Å²) in [6.45, 7) is 4.66.